The van der Waals surface area contributed by atoms with Crippen molar-refractivity contribution in [1.82, 2.24) is 16.0 Å². The Morgan fingerprint density at radius 1 is 1.00 bits per heavy atom. The highest BCUT2D eigenvalue weighted by Gasteiger charge is 2.04. The van der Waals surface area contributed by atoms with Crippen LogP contribution in [-0.4, -0.2) is 31.4 Å². The Bertz CT molecular complexity index is 435. The molecule has 0 unspecified atom stereocenters. The van der Waals surface area contributed by atoms with Gasteiger partial charge in [0.25, 0.3) is 5.91 Å². The topological polar surface area (TPSA) is 70.2 Å². The van der Waals surface area contributed by atoms with Gasteiger partial charge in [-0.3, -0.25) is 9.59 Å². The van der Waals surface area contributed by atoms with Crippen molar-refractivity contribution in [2.24, 2.45) is 0 Å². The Balaban J connectivity index is 0.00000400. The van der Waals surface area contributed by atoms with Gasteiger partial charge in [0.1, 0.15) is 0 Å². The second kappa shape index (κ2) is 11.1. The SMILES string of the molecule is CCCNCCNC(=O)c1ccc(CNC(C)=O)cc1.Cl. The summed E-state index contributed by atoms with van der Waals surface area (Å²) in [6.07, 6.45) is 1.09. The number of hydrogen-bond acceptors (Lipinski definition) is 3. The predicted octanol–water partition coefficient (Wildman–Crippen LogP) is 1.47. The zero-order valence-corrected chi connectivity index (χ0v) is 13.4. The first-order valence-electron chi connectivity index (χ1n) is 6.95. The molecule has 6 heteroatoms. The van der Waals surface area contributed by atoms with Crippen LogP contribution in [0.15, 0.2) is 24.3 Å². The standard InChI is InChI=1S/C15H23N3O2.ClH/c1-3-8-16-9-10-17-15(20)14-6-4-13(5-7-14)11-18-12(2)19;/h4-7,16H,3,8-11H2,1-2H3,(H,17,20)(H,18,19);1H. The Labute approximate surface area is 132 Å². The largest absolute Gasteiger partial charge is 0.352 e. The molecule has 0 heterocycles. The fourth-order valence-electron chi connectivity index (χ4n) is 1.67. The van der Waals surface area contributed by atoms with Crippen LogP contribution in [0.4, 0.5) is 0 Å². The van der Waals surface area contributed by atoms with E-state index in [4.69, 9.17) is 0 Å². The summed E-state index contributed by atoms with van der Waals surface area (Å²) < 4.78 is 0. The van der Waals surface area contributed by atoms with E-state index in [9.17, 15) is 9.59 Å². The summed E-state index contributed by atoms with van der Waals surface area (Å²) in [6.45, 7) is 6.43. The van der Waals surface area contributed by atoms with Crippen molar-refractivity contribution >= 4 is 24.2 Å². The smallest absolute Gasteiger partial charge is 0.251 e. The predicted molar refractivity (Wildman–Crippen MR) is 86.7 cm³/mol. The van der Waals surface area contributed by atoms with Crippen molar-refractivity contribution in [3.63, 3.8) is 0 Å². The quantitative estimate of drug-likeness (QED) is 0.637. The molecule has 0 aliphatic heterocycles. The molecule has 0 spiro atoms. The van der Waals surface area contributed by atoms with E-state index in [2.05, 4.69) is 22.9 Å². The lowest BCUT2D eigenvalue weighted by molar-refractivity contribution is -0.119. The normalized spacial score (nSPS) is 9.62. The van der Waals surface area contributed by atoms with E-state index in [0.717, 1.165) is 25.1 Å². The highest BCUT2D eigenvalue weighted by Crippen LogP contribution is 2.04. The summed E-state index contributed by atoms with van der Waals surface area (Å²) in [5.74, 6) is -0.138. The number of amides is 2. The number of benzene rings is 1. The average molecular weight is 314 g/mol. The molecular formula is C15H24ClN3O2. The van der Waals surface area contributed by atoms with E-state index in [-0.39, 0.29) is 24.2 Å². The number of nitrogens with one attached hydrogen (secondary N) is 3. The maximum atomic E-state index is 11.8. The summed E-state index contributed by atoms with van der Waals surface area (Å²) >= 11 is 0. The molecule has 1 aromatic carbocycles. The van der Waals surface area contributed by atoms with Gasteiger partial charge in [0.15, 0.2) is 0 Å². The van der Waals surface area contributed by atoms with Gasteiger partial charge < -0.3 is 16.0 Å². The minimum Gasteiger partial charge on any atom is -0.352 e. The maximum absolute atomic E-state index is 11.8. The fourth-order valence-corrected chi connectivity index (χ4v) is 1.67. The van der Waals surface area contributed by atoms with E-state index < -0.39 is 0 Å². The molecule has 1 rings (SSSR count). The first kappa shape index (κ1) is 19.4. The van der Waals surface area contributed by atoms with Crippen molar-refractivity contribution in [1.29, 1.82) is 0 Å². The van der Waals surface area contributed by atoms with Crippen LogP contribution in [0.5, 0.6) is 0 Å². The van der Waals surface area contributed by atoms with Crippen molar-refractivity contribution in [2.75, 3.05) is 19.6 Å². The van der Waals surface area contributed by atoms with Crippen LogP contribution in [-0.2, 0) is 11.3 Å². The third kappa shape index (κ3) is 8.32. The van der Waals surface area contributed by atoms with Crippen LogP contribution >= 0.6 is 12.4 Å². The van der Waals surface area contributed by atoms with E-state index in [1.165, 1.54) is 6.92 Å². The average Bonchev–Trinajstić information content (AvgIpc) is 2.45. The molecule has 5 nitrogen and oxygen atoms in total. The van der Waals surface area contributed by atoms with Gasteiger partial charge in [0.05, 0.1) is 0 Å². The van der Waals surface area contributed by atoms with Crippen LogP contribution in [0.25, 0.3) is 0 Å². The second-order valence-electron chi connectivity index (χ2n) is 4.61. The highest BCUT2D eigenvalue weighted by atomic mass is 35.5. The molecule has 0 saturated heterocycles. The van der Waals surface area contributed by atoms with Crippen molar-refractivity contribution < 1.29 is 9.59 Å². The molecule has 0 aliphatic rings. The maximum Gasteiger partial charge on any atom is 0.251 e. The van der Waals surface area contributed by atoms with E-state index in [1.54, 1.807) is 12.1 Å². The van der Waals surface area contributed by atoms with Crippen molar-refractivity contribution in [3.05, 3.63) is 35.4 Å². The molecular weight excluding hydrogens is 290 g/mol. The number of rotatable bonds is 8. The Morgan fingerprint density at radius 3 is 2.24 bits per heavy atom. The summed E-state index contributed by atoms with van der Waals surface area (Å²) in [7, 11) is 0. The fraction of sp³-hybridized carbons (Fsp3) is 0.467. The summed E-state index contributed by atoms with van der Waals surface area (Å²) in [6, 6.07) is 7.23. The minimum absolute atomic E-state index is 0. The van der Waals surface area contributed by atoms with Crippen molar-refractivity contribution in [2.45, 2.75) is 26.8 Å². The third-order valence-electron chi connectivity index (χ3n) is 2.77. The summed E-state index contributed by atoms with van der Waals surface area (Å²) in [4.78, 5) is 22.7. The number of carbonyl (C=O) groups excluding carboxylic acids is 2. The first-order valence-corrected chi connectivity index (χ1v) is 6.95. The van der Waals surface area contributed by atoms with E-state index in [1.807, 2.05) is 12.1 Å². The highest BCUT2D eigenvalue weighted by molar-refractivity contribution is 5.94. The molecule has 0 radical (unpaired) electrons. The van der Waals surface area contributed by atoms with Crippen LogP contribution < -0.4 is 16.0 Å². The van der Waals surface area contributed by atoms with Crippen LogP contribution in [0.2, 0.25) is 0 Å². The molecule has 0 atom stereocenters. The van der Waals surface area contributed by atoms with Gasteiger partial charge in [-0.2, -0.15) is 0 Å². The molecule has 0 aromatic heterocycles. The lowest BCUT2D eigenvalue weighted by atomic mass is 10.1. The molecule has 0 saturated carbocycles. The van der Waals surface area contributed by atoms with Gasteiger partial charge in [0.2, 0.25) is 5.91 Å². The number of hydrogen-bond donors (Lipinski definition) is 3. The van der Waals surface area contributed by atoms with Gasteiger partial charge >= 0.3 is 0 Å². The van der Waals surface area contributed by atoms with Crippen LogP contribution in [0, 0.1) is 0 Å². The Morgan fingerprint density at radius 2 is 1.67 bits per heavy atom. The van der Waals surface area contributed by atoms with Crippen LogP contribution in [0.3, 0.4) is 0 Å². The lowest BCUT2D eigenvalue weighted by Crippen LogP contribution is -2.32. The van der Waals surface area contributed by atoms with Gasteiger partial charge in [-0.15, -0.1) is 12.4 Å². The molecule has 118 valence electrons. The summed E-state index contributed by atoms with van der Waals surface area (Å²) in [5.41, 5.74) is 1.61. The lowest BCUT2D eigenvalue weighted by Gasteiger charge is -2.07. The van der Waals surface area contributed by atoms with Gasteiger partial charge in [-0.1, -0.05) is 19.1 Å². The molecule has 3 N–H and O–H groups in total. The Kier molecular flexibility index (Phi) is 10.3. The minimum atomic E-state index is -0.0747. The van der Waals surface area contributed by atoms with Gasteiger partial charge in [-0.05, 0) is 30.7 Å². The molecule has 0 fully saturated rings. The number of carbonyl (C=O) groups is 2. The summed E-state index contributed by atoms with van der Waals surface area (Å²) in [5, 5.41) is 8.80. The molecule has 2 amide bonds. The Hall–Kier alpha value is -1.59. The monoisotopic (exact) mass is 313 g/mol. The van der Waals surface area contributed by atoms with E-state index >= 15 is 0 Å². The molecule has 0 bridgehead atoms. The van der Waals surface area contributed by atoms with Gasteiger partial charge in [0, 0.05) is 32.1 Å². The first-order chi connectivity index (χ1) is 9.63. The zero-order chi connectivity index (χ0) is 14.8. The molecule has 0 aliphatic carbocycles. The van der Waals surface area contributed by atoms with Gasteiger partial charge in [-0.25, -0.2) is 0 Å². The molecule has 21 heavy (non-hydrogen) atoms. The third-order valence-corrected chi connectivity index (χ3v) is 2.77. The zero-order valence-electron chi connectivity index (χ0n) is 12.6. The van der Waals surface area contributed by atoms with Crippen molar-refractivity contribution in [3.8, 4) is 0 Å². The second-order valence-corrected chi connectivity index (χ2v) is 4.61. The van der Waals surface area contributed by atoms with E-state index in [0.29, 0.717) is 18.7 Å². The molecule has 1 aromatic rings. The van der Waals surface area contributed by atoms with Crippen LogP contribution in [0.1, 0.15) is 36.2 Å². The number of halogens is 1.